The Morgan fingerprint density at radius 1 is 1.39 bits per heavy atom. The number of piperidine rings is 1. The van der Waals surface area contributed by atoms with Crippen LogP contribution in [-0.2, 0) is 0 Å². The van der Waals surface area contributed by atoms with Crippen molar-refractivity contribution in [3.63, 3.8) is 0 Å². The van der Waals surface area contributed by atoms with Gasteiger partial charge in [-0.1, -0.05) is 12.2 Å². The summed E-state index contributed by atoms with van der Waals surface area (Å²) in [5.41, 5.74) is 7.66. The van der Waals surface area contributed by atoms with E-state index in [1.165, 1.54) is 12.8 Å². The van der Waals surface area contributed by atoms with E-state index in [2.05, 4.69) is 36.3 Å². The minimum absolute atomic E-state index is 0.453. The molecule has 0 saturated carbocycles. The maximum absolute atomic E-state index is 5.59. The minimum Gasteiger partial charge on any atom is -0.389 e. The van der Waals surface area contributed by atoms with Crippen LogP contribution in [0.1, 0.15) is 25.3 Å². The highest BCUT2D eigenvalue weighted by atomic mass is 32.1. The van der Waals surface area contributed by atoms with Crippen LogP contribution < -0.4 is 11.1 Å². The second-order valence-electron chi connectivity index (χ2n) is 5.14. The van der Waals surface area contributed by atoms with Crippen LogP contribution in [-0.4, -0.2) is 35.6 Å². The van der Waals surface area contributed by atoms with Gasteiger partial charge in [0, 0.05) is 29.9 Å². The van der Waals surface area contributed by atoms with E-state index in [1.54, 1.807) is 0 Å². The second-order valence-corrected chi connectivity index (χ2v) is 5.58. The van der Waals surface area contributed by atoms with E-state index in [9.17, 15) is 0 Å². The van der Waals surface area contributed by atoms with Crippen LogP contribution >= 0.6 is 12.2 Å². The Labute approximate surface area is 114 Å². The number of anilines is 1. The van der Waals surface area contributed by atoms with Crippen LogP contribution in [0.2, 0.25) is 0 Å². The highest BCUT2D eigenvalue weighted by molar-refractivity contribution is 7.80. The van der Waals surface area contributed by atoms with Crippen LogP contribution in [0.25, 0.3) is 0 Å². The van der Waals surface area contributed by atoms with Gasteiger partial charge in [-0.3, -0.25) is 0 Å². The first-order valence-corrected chi connectivity index (χ1v) is 6.83. The van der Waals surface area contributed by atoms with Gasteiger partial charge in [-0.25, -0.2) is 0 Å². The summed E-state index contributed by atoms with van der Waals surface area (Å²) in [5, 5.41) is 3.59. The molecule has 4 heteroatoms. The molecule has 2 unspecified atom stereocenters. The average Bonchev–Trinajstić information content (AvgIpc) is 2.34. The fraction of sp³-hybridized carbons (Fsp3) is 0.500. The largest absolute Gasteiger partial charge is 0.389 e. The Balaban J connectivity index is 1.95. The summed E-state index contributed by atoms with van der Waals surface area (Å²) in [7, 11) is 2.19. The quantitative estimate of drug-likeness (QED) is 0.821. The zero-order valence-corrected chi connectivity index (χ0v) is 11.8. The monoisotopic (exact) mass is 263 g/mol. The molecule has 0 aromatic heterocycles. The maximum atomic E-state index is 5.59. The van der Waals surface area contributed by atoms with Crippen molar-refractivity contribution < 1.29 is 0 Å². The van der Waals surface area contributed by atoms with Crippen molar-refractivity contribution in [2.24, 2.45) is 5.73 Å². The number of hydrogen-bond donors (Lipinski definition) is 2. The number of rotatable bonds is 3. The van der Waals surface area contributed by atoms with Gasteiger partial charge < -0.3 is 16.0 Å². The van der Waals surface area contributed by atoms with Gasteiger partial charge in [0.05, 0.1) is 0 Å². The summed E-state index contributed by atoms with van der Waals surface area (Å²) >= 11 is 4.95. The van der Waals surface area contributed by atoms with Gasteiger partial charge in [0.2, 0.25) is 0 Å². The predicted molar refractivity (Wildman–Crippen MR) is 81.1 cm³/mol. The molecule has 1 fully saturated rings. The van der Waals surface area contributed by atoms with E-state index < -0.39 is 0 Å². The van der Waals surface area contributed by atoms with E-state index in [1.807, 2.05) is 12.1 Å². The molecule has 2 atom stereocenters. The molecule has 0 aliphatic carbocycles. The van der Waals surface area contributed by atoms with Crippen LogP contribution in [0.3, 0.4) is 0 Å². The maximum Gasteiger partial charge on any atom is 0.103 e. The van der Waals surface area contributed by atoms with Gasteiger partial charge in [-0.05, 0) is 51.1 Å². The smallest absolute Gasteiger partial charge is 0.103 e. The molecule has 1 heterocycles. The summed E-state index contributed by atoms with van der Waals surface area (Å²) < 4.78 is 0. The fourth-order valence-electron chi connectivity index (χ4n) is 2.39. The van der Waals surface area contributed by atoms with Gasteiger partial charge >= 0.3 is 0 Å². The Kier molecular flexibility index (Phi) is 4.19. The van der Waals surface area contributed by atoms with Crippen molar-refractivity contribution in [2.75, 3.05) is 18.9 Å². The van der Waals surface area contributed by atoms with E-state index in [-0.39, 0.29) is 0 Å². The lowest BCUT2D eigenvalue weighted by Crippen LogP contribution is -2.42. The van der Waals surface area contributed by atoms with Crippen LogP contribution in [0, 0.1) is 0 Å². The predicted octanol–water partition coefficient (Wildman–Crippen LogP) is 2.22. The van der Waals surface area contributed by atoms with E-state index in [0.717, 1.165) is 17.8 Å². The molecule has 98 valence electrons. The molecule has 0 radical (unpaired) electrons. The first-order chi connectivity index (χ1) is 8.56. The fourth-order valence-corrected chi connectivity index (χ4v) is 2.52. The molecule has 0 bridgehead atoms. The lowest BCUT2D eigenvalue weighted by Gasteiger charge is -2.35. The Morgan fingerprint density at radius 3 is 2.61 bits per heavy atom. The molecule has 3 nitrogen and oxygen atoms in total. The number of nitrogens with one attached hydrogen (secondary N) is 1. The Morgan fingerprint density at radius 2 is 2.06 bits per heavy atom. The van der Waals surface area contributed by atoms with Gasteiger partial charge in [0.25, 0.3) is 0 Å². The molecule has 18 heavy (non-hydrogen) atoms. The van der Waals surface area contributed by atoms with Crippen molar-refractivity contribution in [1.29, 1.82) is 0 Å². The zero-order chi connectivity index (χ0) is 13.1. The van der Waals surface area contributed by atoms with Gasteiger partial charge in [0.1, 0.15) is 4.99 Å². The lowest BCUT2D eigenvalue weighted by atomic mass is 9.98. The topological polar surface area (TPSA) is 41.3 Å². The summed E-state index contributed by atoms with van der Waals surface area (Å²) in [6.07, 6.45) is 2.38. The summed E-state index contributed by atoms with van der Waals surface area (Å²) in [6, 6.07) is 9.26. The number of likely N-dealkylation sites (tertiary alicyclic amines) is 1. The van der Waals surface area contributed by atoms with Crippen molar-refractivity contribution in [1.82, 2.24) is 4.90 Å². The minimum atomic E-state index is 0.453. The van der Waals surface area contributed by atoms with E-state index in [0.29, 0.717) is 17.1 Å². The Bertz CT molecular complexity index is 416. The number of hydrogen-bond acceptors (Lipinski definition) is 3. The summed E-state index contributed by atoms with van der Waals surface area (Å²) in [4.78, 5) is 2.86. The second kappa shape index (κ2) is 5.67. The molecule has 3 N–H and O–H groups in total. The van der Waals surface area contributed by atoms with Crippen molar-refractivity contribution in [3.8, 4) is 0 Å². The summed E-state index contributed by atoms with van der Waals surface area (Å²) in [6.45, 7) is 3.44. The van der Waals surface area contributed by atoms with Gasteiger partial charge in [-0.15, -0.1) is 0 Å². The molecule has 1 aromatic rings. The van der Waals surface area contributed by atoms with Crippen LogP contribution in [0.5, 0.6) is 0 Å². The third kappa shape index (κ3) is 3.21. The van der Waals surface area contributed by atoms with Crippen molar-refractivity contribution in [2.45, 2.75) is 31.8 Å². The SMILES string of the molecule is CC1CC(Nc2ccc(C(N)=S)cc2)CCN1C. The lowest BCUT2D eigenvalue weighted by molar-refractivity contribution is 0.190. The molecule has 1 saturated heterocycles. The number of thiocarbonyl (C=S) groups is 1. The summed E-state index contributed by atoms with van der Waals surface area (Å²) in [5.74, 6) is 0. The standard InChI is InChI=1S/C14H21N3S/c1-10-9-13(7-8-17(10)2)16-12-5-3-11(4-6-12)14(15)18/h3-6,10,13,16H,7-9H2,1-2H3,(H2,15,18). The molecule has 1 aromatic carbocycles. The molecular weight excluding hydrogens is 242 g/mol. The first kappa shape index (κ1) is 13.3. The third-order valence-electron chi connectivity index (χ3n) is 3.75. The number of nitrogens with zero attached hydrogens (tertiary/aromatic N) is 1. The molecular formula is C14H21N3S. The first-order valence-electron chi connectivity index (χ1n) is 6.43. The number of nitrogens with two attached hydrogens (primary N) is 1. The van der Waals surface area contributed by atoms with Gasteiger partial charge in [-0.2, -0.15) is 0 Å². The van der Waals surface area contributed by atoms with Crippen LogP contribution in [0.4, 0.5) is 5.69 Å². The molecule has 0 spiro atoms. The molecule has 1 aliphatic rings. The molecule has 0 amide bonds. The van der Waals surface area contributed by atoms with E-state index >= 15 is 0 Å². The van der Waals surface area contributed by atoms with Crippen LogP contribution in [0.15, 0.2) is 24.3 Å². The normalized spacial score (nSPS) is 24.8. The van der Waals surface area contributed by atoms with Gasteiger partial charge in [0.15, 0.2) is 0 Å². The molecule has 2 rings (SSSR count). The number of benzene rings is 1. The Hall–Kier alpha value is -1.13. The zero-order valence-electron chi connectivity index (χ0n) is 11.0. The third-order valence-corrected chi connectivity index (χ3v) is 3.98. The highest BCUT2D eigenvalue weighted by Crippen LogP contribution is 2.20. The van der Waals surface area contributed by atoms with Crippen molar-refractivity contribution >= 4 is 22.9 Å². The highest BCUT2D eigenvalue weighted by Gasteiger charge is 2.22. The molecule has 1 aliphatic heterocycles. The average molecular weight is 263 g/mol. The van der Waals surface area contributed by atoms with Crippen molar-refractivity contribution in [3.05, 3.63) is 29.8 Å². The van der Waals surface area contributed by atoms with E-state index in [4.69, 9.17) is 18.0 Å².